The molecule has 0 saturated carbocycles. The molecular formula is C9H11BrN2O4S2. The number of aromatic nitrogens is 1. The van der Waals surface area contributed by atoms with Crippen LogP contribution >= 0.6 is 15.9 Å². The Labute approximate surface area is 114 Å². The summed E-state index contributed by atoms with van der Waals surface area (Å²) in [4.78, 5) is 3.94. The number of nitrogens with zero attached hydrogens (tertiary/aromatic N) is 1. The molecule has 1 aromatic heterocycles. The first-order valence-corrected chi connectivity index (χ1v) is 9.29. The topological polar surface area (TPSA) is 93.2 Å². The lowest BCUT2D eigenvalue weighted by atomic mass is 10.4. The van der Waals surface area contributed by atoms with Gasteiger partial charge in [0.05, 0.1) is 16.8 Å². The van der Waals surface area contributed by atoms with Crippen molar-refractivity contribution in [3.63, 3.8) is 0 Å². The quantitative estimate of drug-likeness (QED) is 0.809. The Bertz CT molecular complexity index is 657. The van der Waals surface area contributed by atoms with Gasteiger partial charge in [-0.3, -0.25) is 4.72 Å². The summed E-state index contributed by atoms with van der Waals surface area (Å²) in [6, 6.07) is 4.81. The second-order valence-electron chi connectivity index (χ2n) is 4.02. The summed E-state index contributed by atoms with van der Waals surface area (Å²) >= 11 is 3.13. The summed E-state index contributed by atoms with van der Waals surface area (Å²) in [5.41, 5.74) is 0. The van der Waals surface area contributed by atoms with Crippen LogP contribution in [0.2, 0.25) is 0 Å². The first kappa shape index (κ1) is 13.8. The van der Waals surface area contributed by atoms with Crippen molar-refractivity contribution in [1.82, 2.24) is 4.98 Å². The number of anilines is 1. The molecule has 0 spiro atoms. The summed E-state index contributed by atoms with van der Waals surface area (Å²) in [5.74, 6) is -0.227. The highest BCUT2D eigenvalue weighted by Crippen LogP contribution is 2.21. The Hall–Kier alpha value is -0.670. The zero-order valence-electron chi connectivity index (χ0n) is 9.21. The van der Waals surface area contributed by atoms with Gasteiger partial charge in [0.15, 0.2) is 9.84 Å². The van der Waals surface area contributed by atoms with Crippen molar-refractivity contribution in [3.8, 4) is 0 Å². The second-order valence-corrected chi connectivity index (χ2v) is 9.02. The van der Waals surface area contributed by atoms with Gasteiger partial charge in [-0.1, -0.05) is 6.07 Å². The first-order chi connectivity index (χ1) is 8.28. The second kappa shape index (κ2) is 4.78. The van der Waals surface area contributed by atoms with E-state index in [1.165, 1.54) is 6.07 Å². The largest absolute Gasteiger partial charge is 0.267 e. The van der Waals surface area contributed by atoms with E-state index < -0.39 is 25.1 Å². The van der Waals surface area contributed by atoms with Crippen LogP contribution in [0.15, 0.2) is 22.8 Å². The average molecular weight is 355 g/mol. The molecule has 0 bridgehead atoms. The lowest BCUT2D eigenvalue weighted by Gasteiger charge is -2.11. The fourth-order valence-electron chi connectivity index (χ4n) is 1.70. The number of pyridine rings is 1. The highest BCUT2D eigenvalue weighted by molar-refractivity contribution is 9.10. The molecule has 0 aromatic carbocycles. The molecule has 0 aliphatic carbocycles. The minimum absolute atomic E-state index is 0.0789. The molecule has 18 heavy (non-hydrogen) atoms. The molecule has 6 nitrogen and oxygen atoms in total. The molecule has 1 saturated heterocycles. The van der Waals surface area contributed by atoms with E-state index in [2.05, 4.69) is 25.6 Å². The van der Waals surface area contributed by atoms with Crippen molar-refractivity contribution >= 4 is 41.6 Å². The monoisotopic (exact) mass is 354 g/mol. The number of halogens is 1. The molecule has 1 aliphatic heterocycles. The molecule has 1 unspecified atom stereocenters. The van der Waals surface area contributed by atoms with Crippen molar-refractivity contribution in [2.45, 2.75) is 11.7 Å². The van der Waals surface area contributed by atoms with E-state index in [1.54, 1.807) is 12.1 Å². The normalized spacial score (nSPS) is 22.8. The van der Waals surface area contributed by atoms with Crippen molar-refractivity contribution in [2.75, 3.05) is 16.2 Å². The van der Waals surface area contributed by atoms with Gasteiger partial charge in [-0.25, -0.2) is 21.8 Å². The fourth-order valence-corrected chi connectivity index (χ4v) is 6.07. The van der Waals surface area contributed by atoms with Crippen LogP contribution in [0.1, 0.15) is 6.42 Å². The minimum Gasteiger partial charge on any atom is -0.267 e. The van der Waals surface area contributed by atoms with Gasteiger partial charge in [0.2, 0.25) is 10.0 Å². The van der Waals surface area contributed by atoms with E-state index in [0.717, 1.165) is 0 Å². The van der Waals surface area contributed by atoms with Crippen LogP contribution in [0.4, 0.5) is 5.82 Å². The summed E-state index contributed by atoms with van der Waals surface area (Å²) in [7, 11) is -6.94. The Morgan fingerprint density at radius 2 is 2.11 bits per heavy atom. The minimum atomic E-state index is -3.71. The van der Waals surface area contributed by atoms with Crippen LogP contribution in [0.5, 0.6) is 0 Å². The maximum absolute atomic E-state index is 12.0. The van der Waals surface area contributed by atoms with Crippen LogP contribution in [-0.4, -0.2) is 38.6 Å². The van der Waals surface area contributed by atoms with Gasteiger partial charge < -0.3 is 0 Å². The third kappa shape index (κ3) is 3.21. The summed E-state index contributed by atoms with van der Waals surface area (Å²) in [6.07, 6.45) is 0.131. The Morgan fingerprint density at radius 1 is 1.39 bits per heavy atom. The average Bonchev–Trinajstić information content (AvgIpc) is 2.59. The number of hydrogen-bond acceptors (Lipinski definition) is 5. The molecule has 9 heteroatoms. The number of sulfone groups is 1. The van der Waals surface area contributed by atoms with E-state index in [9.17, 15) is 16.8 Å². The molecule has 2 heterocycles. The molecule has 1 aliphatic rings. The number of nitrogens with one attached hydrogen (secondary N) is 1. The molecule has 1 N–H and O–H groups in total. The Morgan fingerprint density at radius 3 is 2.67 bits per heavy atom. The van der Waals surface area contributed by atoms with Gasteiger partial charge in [0.25, 0.3) is 0 Å². The van der Waals surface area contributed by atoms with Crippen molar-refractivity contribution in [3.05, 3.63) is 22.8 Å². The van der Waals surface area contributed by atoms with Crippen LogP contribution in [0.3, 0.4) is 0 Å². The van der Waals surface area contributed by atoms with Gasteiger partial charge in [-0.05, 0) is 34.5 Å². The standard InChI is InChI=1S/C9H11BrN2O4S2/c10-8-2-1-3-9(11-8)12-18(15,16)7-4-5-17(13,14)6-7/h1-3,7H,4-6H2,(H,11,12). The Kier molecular flexibility index (Phi) is 3.65. The smallest absolute Gasteiger partial charge is 0.237 e. The highest BCUT2D eigenvalue weighted by Gasteiger charge is 2.37. The van der Waals surface area contributed by atoms with E-state index in [1.807, 2.05) is 0 Å². The van der Waals surface area contributed by atoms with E-state index in [0.29, 0.717) is 4.60 Å². The van der Waals surface area contributed by atoms with Gasteiger partial charge in [-0.2, -0.15) is 0 Å². The molecule has 100 valence electrons. The number of rotatable bonds is 3. The van der Waals surface area contributed by atoms with Crippen molar-refractivity contribution in [2.24, 2.45) is 0 Å². The highest BCUT2D eigenvalue weighted by atomic mass is 79.9. The van der Waals surface area contributed by atoms with E-state index in [4.69, 9.17) is 0 Å². The van der Waals surface area contributed by atoms with Gasteiger partial charge >= 0.3 is 0 Å². The summed E-state index contributed by atoms with van der Waals surface area (Å²) < 4.78 is 49.3. The molecule has 1 aromatic rings. The van der Waals surface area contributed by atoms with Gasteiger partial charge in [-0.15, -0.1) is 0 Å². The molecule has 0 radical (unpaired) electrons. The molecule has 1 fully saturated rings. The predicted octanol–water partition coefficient (Wildman–Crippen LogP) is 0.773. The van der Waals surface area contributed by atoms with E-state index >= 15 is 0 Å². The van der Waals surface area contributed by atoms with Crippen molar-refractivity contribution in [1.29, 1.82) is 0 Å². The van der Waals surface area contributed by atoms with Crippen molar-refractivity contribution < 1.29 is 16.8 Å². The maximum Gasteiger partial charge on any atom is 0.237 e. The SMILES string of the molecule is O=S1(=O)CCC(S(=O)(=O)Nc2cccc(Br)n2)C1. The first-order valence-electron chi connectivity index (χ1n) is 5.13. The van der Waals surface area contributed by atoms with Crippen LogP contribution < -0.4 is 4.72 Å². The number of sulfonamides is 1. The lowest BCUT2D eigenvalue weighted by molar-refractivity contribution is 0.587. The van der Waals surface area contributed by atoms with Gasteiger partial charge in [0.1, 0.15) is 10.4 Å². The third-order valence-electron chi connectivity index (χ3n) is 2.59. The summed E-state index contributed by atoms with van der Waals surface area (Å²) in [6.45, 7) is 0. The van der Waals surface area contributed by atoms with Gasteiger partial charge in [0, 0.05) is 0 Å². The van der Waals surface area contributed by atoms with Crippen LogP contribution in [0.25, 0.3) is 0 Å². The zero-order valence-corrected chi connectivity index (χ0v) is 12.4. The fraction of sp³-hybridized carbons (Fsp3) is 0.444. The molecular weight excluding hydrogens is 344 g/mol. The maximum atomic E-state index is 12.0. The third-order valence-corrected chi connectivity index (χ3v) is 6.79. The molecule has 2 rings (SSSR count). The molecule has 1 atom stereocenters. The Balaban J connectivity index is 2.18. The number of hydrogen-bond donors (Lipinski definition) is 1. The van der Waals surface area contributed by atoms with Crippen LogP contribution in [-0.2, 0) is 19.9 Å². The van der Waals surface area contributed by atoms with Crippen LogP contribution in [0, 0.1) is 0 Å². The summed E-state index contributed by atoms with van der Waals surface area (Å²) in [5, 5.41) is -0.900. The predicted molar refractivity (Wildman–Crippen MR) is 71.5 cm³/mol. The lowest BCUT2D eigenvalue weighted by Crippen LogP contribution is -2.29. The van der Waals surface area contributed by atoms with E-state index in [-0.39, 0.29) is 23.7 Å². The zero-order chi connectivity index (χ0) is 13.4. The molecule has 0 amide bonds.